The molecule has 0 bridgehead atoms. The highest BCUT2D eigenvalue weighted by Crippen LogP contribution is 2.34. The van der Waals surface area contributed by atoms with E-state index in [0.29, 0.717) is 5.15 Å². The maximum atomic E-state index is 6.14. The Balaban J connectivity index is 1.80. The van der Waals surface area contributed by atoms with Gasteiger partial charge in [0.05, 0.1) is 11.3 Å². The van der Waals surface area contributed by atoms with Crippen molar-refractivity contribution in [3.8, 4) is 0 Å². The van der Waals surface area contributed by atoms with Crippen LogP contribution in [0.1, 0.15) is 50.5 Å². The third kappa shape index (κ3) is 3.71. The molecule has 0 aliphatic heterocycles. The zero-order chi connectivity index (χ0) is 13.7. The van der Waals surface area contributed by atoms with Crippen LogP contribution in [0.25, 0.3) is 0 Å². The lowest BCUT2D eigenvalue weighted by Crippen LogP contribution is -2.47. The summed E-state index contributed by atoms with van der Waals surface area (Å²) in [5.74, 6) is 0.994. The van der Waals surface area contributed by atoms with Crippen LogP contribution in [0.15, 0.2) is 0 Å². The molecule has 4 nitrogen and oxygen atoms in total. The van der Waals surface area contributed by atoms with E-state index in [0.717, 1.165) is 50.3 Å². The van der Waals surface area contributed by atoms with Crippen molar-refractivity contribution >= 4 is 11.6 Å². The predicted molar refractivity (Wildman–Crippen MR) is 77.5 cm³/mol. The molecule has 2 N–H and O–H groups in total. The number of rotatable bonds is 8. The van der Waals surface area contributed by atoms with Gasteiger partial charge in [-0.2, -0.15) is 0 Å². The smallest absolute Gasteiger partial charge is 0.151 e. The monoisotopic (exact) mass is 285 g/mol. The molecule has 0 spiro atoms. The van der Waals surface area contributed by atoms with Crippen molar-refractivity contribution in [1.29, 1.82) is 0 Å². The van der Waals surface area contributed by atoms with Gasteiger partial charge in [0.1, 0.15) is 5.82 Å². The molecular weight excluding hydrogens is 262 g/mol. The Kier molecular flexibility index (Phi) is 5.25. The zero-order valence-corrected chi connectivity index (χ0v) is 12.6. The molecule has 0 amide bonds. The number of nitrogens with one attached hydrogen (secondary N) is 2. The summed E-state index contributed by atoms with van der Waals surface area (Å²) in [7, 11) is 1.80. The zero-order valence-electron chi connectivity index (χ0n) is 11.9. The second kappa shape index (κ2) is 6.73. The SMILES string of the molecule is CCCCc1nc(Cl)c(CNCC2(OC)CCC2)[nH]1. The van der Waals surface area contributed by atoms with Crippen LogP contribution in [0.2, 0.25) is 5.15 Å². The number of nitrogens with zero attached hydrogens (tertiary/aromatic N) is 1. The van der Waals surface area contributed by atoms with Crippen LogP contribution in [0.4, 0.5) is 0 Å². The summed E-state index contributed by atoms with van der Waals surface area (Å²) in [5, 5.41) is 4.02. The van der Waals surface area contributed by atoms with Gasteiger partial charge in [-0.1, -0.05) is 24.9 Å². The van der Waals surface area contributed by atoms with Gasteiger partial charge in [-0.15, -0.1) is 0 Å². The minimum Gasteiger partial charge on any atom is -0.377 e. The van der Waals surface area contributed by atoms with Crippen LogP contribution < -0.4 is 5.32 Å². The Morgan fingerprint density at radius 3 is 2.84 bits per heavy atom. The van der Waals surface area contributed by atoms with Crippen LogP contribution in [0.3, 0.4) is 0 Å². The molecule has 0 saturated heterocycles. The van der Waals surface area contributed by atoms with Gasteiger partial charge in [0, 0.05) is 26.6 Å². The Hall–Kier alpha value is -0.580. The number of methoxy groups -OCH3 is 1. The molecule has 1 saturated carbocycles. The summed E-state index contributed by atoms with van der Waals surface area (Å²) < 4.78 is 5.58. The first-order chi connectivity index (χ1) is 9.19. The van der Waals surface area contributed by atoms with Crippen molar-refractivity contribution in [2.75, 3.05) is 13.7 Å². The highest BCUT2D eigenvalue weighted by Gasteiger charge is 2.36. The molecule has 0 atom stereocenters. The van der Waals surface area contributed by atoms with Gasteiger partial charge in [-0.25, -0.2) is 4.98 Å². The summed E-state index contributed by atoms with van der Waals surface area (Å²) in [5.41, 5.74) is 1.04. The van der Waals surface area contributed by atoms with E-state index in [2.05, 4.69) is 22.2 Å². The fourth-order valence-corrected chi connectivity index (χ4v) is 2.67. The van der Waals surface area contributed by atoms with Crippen molar-refractivity contribution < 1.29 is 4.74 Å². The predicted octanol–water partition coefficient (Wildman–Crippen LogP) is 3.06. The first kappa shape index (κ1) is 14.8. The third-order valence-corrected chi connectivity index (χ3v) is 4.30. The van der Waals surface area contributed by atoms with Gasteiger partial charge in [0.25, 0.3) is 0 Å². The molecule has 1 aliphatic rings. The van der Waals surface area contributed by atoms with Gasteiger partial charge in [-0.3, -0.25) is 0 Å². The molecule has 1 aliphatic carbocycles. The quantitative estimate of drug-likeness (QED) is 0.772. The van der Waals surface area contributed by atoms with Crippen LogP contribution in [0.5, 0.6) is 0 Å². The van der Waals surface area contributed by atoms with Gasteiger partial charge in [0.2, 0.25) is 0 Å². The van der Waals surface area contributed by atoms with Crippen molar-refractivity contribution in [2.24, 2.45) is 0 Å². The Bertz CT molecular complexity index is 396. The molecule has 0 radical (unpaired) electrons. The second-order valence-electron chi connectivity index (χ2n) is 5.40. The van der Waals surface area contributed by atoms with E-state index in [1.54, 1.807) is 7.11 Å². The van der Waals surface area contributed by atoms with E-state index in [1.807, 2.05) is 0 Å². The normalized spacial score (nSPS) is 17.4. The Labute approximate surface area is 120 Å². The molecule has 19 heavy (non-hydrogen) atoms. The lowest BCUT2D eigenvalue weighted by molar-refractivity contribution is -0.0695. The minimum absolute atomic E-state index is 0.0531. The van der Waals surface area contributed by atoms with Crippen molar-refractivity contribution in [3.05, 3.63) is 16.7 Å². The number of hydrogen-bond donors (Lipinski definition) is 2. The average molecular weight is 286 g/mol. The molecular formula is C14H24ClN3O. The summed E-state index contributed by atoms with van der Waals surface area (Å²) in [6, 6.07) is 0. The number of H-pyrrole nitrogens is 1. The number of ether oxygens (including phenoxy) is 1. The first-order valence-corrected chi connectivity index (χ1v) is 7.56. The standard InChI is InChI=1S/C14H24ClN3O/c1-3-4-6-12-17-11(13(15)18-12)9-16-10-14(19-2)7-5-8-14/h16H,3-10H2,1-2H3,(H,17,18). The van der Waals surface area contributed by atoms with Crippen molar-refractivity contribution in [2.45, 2.75) is 57.6 Å². The highest BCUT2D eigenvalue weighted by molar-refractivity contribution is 6.30. The number of halogens is 1. The molecule has 0 unspecified atom stereocenters. The third-order valence-electron chi connectivity index (χ3n) is 3.99. The van der Waals surface area contributed by atoms with Crippen LogP contribution >= 0.6 is 11.6 Å². The molecule has 5 heteroatoms. The van der Waals surface area contributed by atoms with Crippen LogP contribution in [-0.2, 0) is 17.7 Å². The molecule has 2 rings (SSSR count). The number of hydrogen-bond acceptors (Lipinski definition) is 3. The van der Waals surface area contributed by atoms with Crippen LogP contribution in [-0.4, -0.2) is 29.2 Å². The summed E-state index contributed by atoms with van der Waals surface area (Å²) in [6.07, 6.45) is 6.84. The fourth-order valence-electron chi connectivity index (χ4n) is 2.46. The second-order valence-corrected chi connectivity index (χ2v) is 5.76. The maximum absolute atomic E-state index is 6.14. The first-order valence-electron chi connectivity index (χ1n) is 7.18. The number of unbranched alkanes of at least 4 members (excludes halogenated alkanes) is 1. The highest BCUT2D eigenvalue weighted by atomic mass is 35.5. The van der Waals surface area contributed by atoms with Crippen LogP contribution in [0, 0.1) is 0 Å². The van der Waals surface area contributed by atoms with E-state index in [1.165, 1.54) is 12.8 Å². The summed E-state index contributed by atoms with van der Waals surface area (Å²) in [4.78, 5) is 7.67. The number of aromatic amines is 1. The molecule has 1 aromatic rings. The van der Waals surface area contributed by atoms with E-state index >= 15 is 0 Å². The van der Waals surface area contributed by atoms with Crippen molar-refractivity contribution in [3.63, 3.8) is 0 Å². The van der Waals surface area contributed by atoms with E-state index in [9.17, 15) is 0 Å². The van der Waals surface area contributed by atoms with Gasteiger partial charge >= 0.3 is 0 Å². The fraction of sp³-hybridized carbons (Fsp3) is 0.786. The topological polar surface area (TPSA) is 49.9 Å². The minimum atomic E-state index is 0.0531. The lowest BCUT2D eigenvalue weighted by atomic mass is 9.80. The largest absolute Gasteiger partial charge is 0.377 e. The molecule has 1 aromatic heterocycles. The van der Waals surface area contributed by atoms with Gasteiger partial charge < -0.3 is 15.0 Å². The number of aryl methyl sites for hydroxylation is 1. The van der Waals surface area contributed by atoms with E-state index < -0.39 is 0 Å². The summed E-state index contributed by atoms with van der Waals surface area (Å²) in [6.45, 7) is 3.78. The van der Waals surface area contributed by atoms with E-state index in [4.69, 9.17) is 16.3 Å². The van der Waals surface area contributed by atoms with E-state index in [-0.39, 0.29) is 5.60 Å². The van der Waals surface area contributed by atoms with Crippen molar-refractivity contribution in [1.82, 2.24) is 15.3 Å². The Morgan fingerprint density at radius 1 is 1.47 bits per heavy atom. The molecule has 1 fully saturated rings. The summed E-state index contributed by atoms with van der Waals surface area (Å²) >= 11 is 6.14. The number of imidazole rings is 1. The molecule has 0 aromatic carbocycles. The Morgan fingerprint density at radius 2 is 2.26 bits per heavy atom. The molecule has 1 heterocycles. The van der Waals surface area contributed by atoms with Gasteiger partial charge in [-0.05, 0) is 25.7 Å². The maximum Gasteiger partial charge on any atom is 0.151 e. The van der Waals surface area contributed by atoms with Gasteiger partial charge in [0.15, 0.2) is 5.15 Å². The molecule has 108 valence electrons. The average Bonchev–Trinajstić information content (AvgIpc) is 2.71. The number of aromatic nitrogens is 2. The lowest BCUT2D eigenvalue weighted by Gasteiger charge is -2.40.